The summed E-state index contributed by atoms with van der Waals surface area (Å²) in [6, 6.07) is 14.2. The molecule has 3 nitrogen and oxygen atoms in total. The topological polar surface area (TPSA) is 52.9 Å². The smallest absolute Gasteiger partial charge is 0.253 e. The minimum Gasteiger partial charge on any atom is -0.348 e. The highest BCUT2D eigenvalue weighted by Gasteiger charge is 2.10. The summed E-state index contributed by atoms with van der Waals surface area (Å²) in [7, 11) is 0. The fourth-order valence-corrected chi connectivity index (χ4v) is 2.41. The first kappa shape index (κ1) is 14.6. The number of hydrogen-bond donors (Lipinski definition) is 1. The van der Waals surface area contributed by atoms with Gasteiger partial charge >= 0.3 is 0 Å². The zero-order valence-electron chi connectivity index (χ0n) is 10.4. The van der Waals surface area contributed by atoms with Crippen molar-refractivity contribution >= 4 is 33.4 Å². The summed E-state index contributed by atoms with van der Waals surface area (Å²) in [5.74, 6) is -0.230. The molecule has 0 saturated carbocycles. The third kappa shape index (κ3) is 3.60. The molecule has 0 aliphatic rings. The molecule has 0 unspecified atom stereocenters. The van der Waals surface area contributed by atoms with Crippen molar-refractivity contribution < 1.29 is 4.79 Å². The van der Waals surface area contributed by atoms with Crippen molar-refractivity contribution in [3.8, 4) is 6.07 Å². The summed E-state index contributed by atoms with van der Waals surface area (Å²) < 4.78 is 0.825. The molecule has 0 aromatic heterocycles. The Morgan fingerprint density at radius 2 is 1.95 bits per heavy atom. The number of hydrogen-bond acceptors (Lipinski definition) is 2. The molecule has 20 heavy (non-hydrogen) atoms. The monoisotopic (exact) mass is 348 g/mol. The van der Waals surface area contributed by atoms with Gasteiger partial charge in [-0.1, -0.05) is 39.7 Å². The van der Waals surface area contributed by atoms with E-state index in [-0.39, 0.29) is 5.91 Å². The van der Waals surface area contributed by atoms with Crippen LogP contribution in [0.25, 0.3) is 0 Å². The van der Waals surface area contributed by atoms with Gasteiger partial charge in [-0.05, 0) is 35.9 Å². The lowest BCUT2D eigenvalue weighted by Gasteiger charge is -2.07. The first-order valence-electron chi connectivity index (χ1n) is 5.82. The molecule has 2 aromatic rings. The number of nitriles is 1. The molecule has 0 aliphatic carbocycles. The Bertz CT molecular complexity index is 677. The second-order valence-corrected chi connectivity index (χ2v) is 5.44. The average Bonchev–Trinajstić information content (AvgIpc) is 2.45. The lowest BCUT2D eigenvalue weighted by atomic mass is 10.1. The number of carbonyl (C=O) groups is 1. The van der Waals surface area contributed by atoms with E-state index in [1.807, 2.05) is 18.2 Å². The Labute approximate surface area is 130 Å². The number of nitrogens with zero attached hydrogens (tertiary/aromatic N) is 1. The number of carbonyl (C=O) groups excluding carboxylic acids is 1. The molecule has 0 spiro atoms. The summed E-state index contributed by atoms with van der Waals surface area (Å²) in [5, 5.41) is 11.9. The van der Waals surface area contributed by atoms with Crippen molar-refractivity contribution in [2.45, 2.75) is 6.54 Å². The van der Waals surface area contributed by atoms with E-state index >= 15 is 0 Å². The van der Waals surface area contributed by atoms with Crippen LogP contribution in [0.2, 0.25) is 5.02 Å². The van der Waals surface area contributed by atoms with Gasteiger partial charge in [-0.15, -0.1) is 0 Å². The maximum atomic E-state index is 12.0. The van der Waals surface area contributed by atoms with Crippen molar-refractivity contribution in [3.63, 3.8) is 0 Å². The molecule has 0 bridgehead atoms. The highest BCUT2D eigenvalue weighted by atomic mass is 79.9. The normalized spacial score (nSPS) is 9.85. The summed E-state index contributed by atoms with van der Waals surface area (Å²) in [6.07, 6.45) is 0. The summed E-state index contributed by atoms with van der Waals surface area (Å²) in [4.78, 5) is 12.0. The Morgan fingerprint density at radius 1 is 1.25 bits per heavy atom. The molecule has 0 radical (unpaired) electrons. The maximum absolute atomic E-state index is 12.0. The molecule has 5 heteroatoms. The highest BCUT2D eigenvalue weighted by molar-refractivity contribution is 9.10. The van der Waals surface area contributed by atoms with Gasteiger partial charge in [0.25, 0.3) is 5.91 Å². The zero-order chi connectivity index (χ0) is 14.5. The largest absolute Gasteiger partial charge is 0.348 e. The van der Waals surface area contributed by atoms with E-state index in [1.54, 1.807) is 30.3 Å². The van der Waals surface area contributed by atoms with Crippen molar-refractivity contribution in [2.75, 3.05) is 0 Å². The lowest BCUT2D eigenvalue weighted by Crippen LogP contribution is -2.23. The van der Waals surface area contributed by atoms with Crippen LogP contribution in [0.1, 0.15) is 21.5 Å². The van der Waals surface area contributed by atoms with Crippen molar-refractivity contribution in [1.29, 1.82) is 5.26 Å². The van der Waals surface area contributed by atoms with Gasteiger partial charge in [0.15, 0.2) is 0 Å². The third-order valence-corrected chi connectivity index (χ3v) is 3.52. The first-order chi connectivity index (χ1) is 9.60. The first-order valence-corrected chi connectivity index (χ1v) is 6.99. The number of rotatable bonds is 3. The fraction of sp³-hybridized carbons (Fsp3) is 0.0667. The van der Waals surface area contributed by atoms with E-state index in [9.17, 15) is 4.79 Å². The number of halogens is 2. The second kappa shape index (κ2) is 6.56. The van der Waals surface area contributed by atoms with Gasteiger partial charge in [0.05, 0.1) is 22.2 Å². The van der Waals surface area contributed by atoms with E-state index in [0.717, 1.165) is 10.0 Å². The lowest BCUT2D eigenvalue weighted by molar-refractivity contribution is 0.0951. The third-order valence-electron chi connectivity index (χ3n) is 2.71. The van der Waals surface area contributed by atoms with Crippen LogP contribution < -0.4 is 5.32 Å². The van der Waals surface area contributed by atoms with Crippen LogP contribution in [-0.2, 0) is 6.54 Å². The van der Waals surface area contributed by atoms with Gasteiger partial charge in [-0.25, -0.2) is 0 Å². The van der Waals surface area contributed by atoms with Gasteiger partial charge in [-0.3, -0.25) is 4.79 Å². The average molecular weight is 350 g/mol. The molecule has 2 aromatic carbocycles. The molecule has 2 rings (SSSR count). The van der Waals surface area contributed by atoms with Crippen molar-refractivity contribution in [3.05, 3.63) is 68.7 Å². The minimum atomic E-state index is -0.230. The summed E-state index contributed by atoms with van der Waals surface area (Å²) >= 11 is 9.31. The molecular weight excluding hydrogens is 340 g/mol. The van der Waals surface area contributed by atoms with Crippen LogP contribution in [0.3, 0.4) is 0 Å². The maximum Gasteiger partial charge on any atom is 0.253 e. The molecule has 0 aliphatic heterocycles. The molecular formula is C15H10BrClN2O. The van der Waals surface area contributed by atoms with Gasteiger partial charge in [0.2, 0.25) is 0 Å². The Morgan fingerprint density at radius 3 is 2.55 bits per heavy atom. The molecule has 0 fully saturated rings. The van der Waals surface area contributed by atoms with Gasteiger partial charge in [-0.2, -0.15) is 5.26 Å². The van der Waals surface area contributed by atoms with E-state index in [2.05, 4.69) is 21.2 Å². The van der Waals surface area contributed by atoms with Crippen LogP contribution in [0.4, 0.5) is 0 Å². The number of benzene rings is 2. The van der Waals surface area contributed by atoms with Crippen molar-refractivity contribution in [1.82, 2.24) is 5.32 Å². The standard InChI is InChI=1S/C15H10BrClN2O/c16-12-5-6-13(14(17)7-12)15(20)19-9-11-3-1-10(8-18)2-4-11/h1-7H,9H2,(H,19,20). The van der Waals surface area contributed by atoms with Gasteiger partial charge in [0.1, 0.15) is 0 Å². The van der Waals surface area contributed by atoms with Crippen LogP contribution in [0.5, 0.6) is 0 Å². The van der Waals surface area contributed by atoms with E-state index in [1.165, 1.54) is 0 Å². The molecule has 0 atom stereocenters. The summed E-state index contributed by atoms with van der Waals surface area (Å²) in [5.41, 5.74) is 1.95. The molecule has 1 amide bonds. The van der Waals surface area contributed by atoms with E-state index in [4.69, 9.17) is 16.9 Å². The van der Waals surface area contributed by atoms with Gasteiger partial charge < -0.3 is 5.32 Å². The highest BCUT2D eigenvalue weighted by Crippen LogP contribution is 2.21. The minimum absolute atomic E-state index is 0.230. The molecule has 0 heterocycles. The van der Waals surface area contributed by atoms with Crippen molar-refractivity contribution in [2.24, 2.45) is 0 Å². The van der Waals surface area contributed by atoms with Crippen LogP contribution in [0, 0.1) is 11.3 Å². The number of nitrogens with one attached hydrogen (secondary N) is 1. The quantitative estimate of drug-likeness (QED) is 0.913. The fourth-order valence-electron chi connectivity index (χ4n) is 1.65. The predicted molar refractivity (Wildman–Crippen MR) is 81.5 cm³/mol. The van der Waals surface area contributed by atoms with Crippen LogP contribution in [0.15, 0.2) is 46.9 Å². The number of amides is 1. The zero-order valence-corrected chi connectivity index (χ0v) is 12.7. The molecule has 100 valence electrons. The Balaban J connectivity index is 2.03. The second-order valence-electron chi connectivity index (χ2n) is 4.12. The van der Waals surface area contributed by atoms with E-state index < -0.39 is 0 Å². The molecule has 0 saturated heterocycles. The van der Waals surface area contributed by atoms with Crippen LogP contribution in [-0.4, -0.2) is 5.91 Å². The Kier molecular flexibility index (Phi) is 4.78. The summed E-state index contributed by atoms with van der Waals surface area (Å²) in [6.45, 7) is 0.386. The SMILES string of the molecule is N#Cc1ccc(CNC(=O)c2ccc(Br)cc2Cl)cc1. The Hall–Kier alpha value is -1.83. The van der Waals surface area contributed by atoms with Crippen LogP contribution >= 0.6 is 27.5 Å². The van der Waals surface area contributed by atoms with E-state index in [0.29, 0.717) is 22.7 Å². The molecule has 1 N–H and O–H groups in total. The predicted octanol–water partition coefficient (Wildman–Crippen LogP) is 3.90. The van der Waals surface area contributed by atoms with Gasteiger partial charge in [0, 0.05) is 11.0 Å².